The molecule has 0 radical (unpaired) electrons. The maximum atomic E-state index is 12.2. The van der Waals surface area contributed by atoms with Gasteiger partial charge in [0, 0.05) is 18.7 Å². The Hall–Kier alpha value is -1.84. The number of nitrogens with one attached hydrogen (secondary N) is 1. The van der Waals surface area contributed by atoms with Crippen molar-refractivity contribution >= 4 is 17.5 Å². The van der Waals surface area contributed by atoms with Crippen LogP contribution < -0.4 is 5.32 Å². The van der Waals surface area contributed by atoms with Crippen LogP contribution in [0.5, 0.6) is 0 Å². The molecule has 1 fully saturated rings. The number of carbonyl (C=O) groups is 2. The molecule has 0 aromatic heterocycles. The van der Waals surface area contributed by atoms with E-state index in [4.69, 9.17) is 0 Å². The average Bonchev–Trinajstić information content (AvgIpc) is 2.93. The highest BCUT2D eigenvalue weighted by molar-refractivity contribution is 5.94. The third-order valence-corrected chi connectivity index (χ3v) is 4.27. The lowest BCUT2D eigenvalue weighted by Crippen LogP contribution is -2.42. The molecule has 0 saturated heterocycles. The maximum Gasteiger partial charge on any atom is 0.244 e. The van der Waals surface area contributed by atoms with Crippen LogP contribution in [0, 0.1) is 13.8 Å². The van der Waals surface area contributed by atoms with Crippen LogP contribution >= 0.6 is 0 Å². The molecular formula is C17H24N2O2. The summed E-state index contributed by atoms with van der Waals surface area (Å²) in [4.78, 5) is 25.7. The van der Waals surface area contributed by atoms with Gasteiger partial charge in [0.1, 0.15) is 6.54 Å². The summed E-state index contributed by atoms with van der Waals surface area (Å²) in [5.41, 5.74) is 3.13. The highest BCUT2D eigenvalue weighted by Gasteiger charge is 2.26. The van der Waals surface area contributed by atoms with E-state index in [1.54, 1.807) is 11.8 Å². The highest BCUT2D eigenvalue weighted by Crippen LogP contribution is 2.23. The molecule has 1 aromatic rings. The zero-order valence-corrected chi connectivity index (χ0v) is 13.1. The second-order valence-corrected chi connectivity index (χ2v) is 5.93. The van der Waals surface area contributed by atoms with Crippen molar-refractivity contribution in [2.45, 2.75) is 52.5 Å². The number of aryl methyl sites for hydroxylation is 2. The van der Waals surface area contributed by atoms with Crippen molar-refractivity contribution in [2.24, 2.45) is 0 Å². The van der Waals surface area contributed by atoms with Crippen molar-refractivity contribution in [3.8, 4) is 0 Å². The molecule has 0 heterocycles. The number of hydrogen-bond acceptors (Lipinski definition) is 2. The van der Waals surface area contributed by atoms with Gasteiger partial charge in [0.25, 0.3) is 0 Å². The average molecular weight is 288 g/mol. The molecule has 2 amide bonds. The molecule has 1 aliphatic carbocycles. The second-order valence-electron chi connectivity index (χ2n) is 5.93. The number of nitrogens with zero attached hydrogens (tertiary/aromatic N) is 1. The smallest absolute Gasteiger partial charge is 0.244 e. The van der Waals surface area contributed by atoms with E-state index in [0.29, 0.717) is 0 Å². The summed E-state index contributed by atoms with van der Waals surface area (Å²) >= 11 is 0. The Morgan fingerprint density at radius 1 is 1.19 bits per heavy atom. The molecule has 0 aliphatic heterocycles. The third-order valence-electron chi connectivity index (χ3n) is 4.27. The molecule has 21 heavy (non-hydrogen) atoms. The van der Waals surface area contributed by atoms with Crippen LogP contribution in [-0.4, -0.2) is 29.3 Å². The highest BCUT2D eigenvalue weighted by atomic mass is 16.2. The van der Waals surface area contributed by atoms with Crippen molar-refractivity contribution < 1.29 is 9.59 Å². The van der Waals surface area contributed by atoms with Gasteiger partial charge in [-0.2, -0.15) is 0 Å². The van der Waals surface area contributed by atoms with Gasteiger partial charge in [-0.15, -0.1) is 0 Å². The predicted molar refractivity (Wildman–Crippen MR) is 84.2 cm³/mol. The molecule has 4 nitrogen and oxygen atoms in total. The van der Waals surface area contributed by atoms with E-state index >= 15 is 0 Å². The van der Waals surface area contributed by atoms with Gasteiger partial charge in [0.15, 0.2) is 0 Å². The first-order valence-electron chi connectivity index (χ1n) is 7.61. The van der Waals surface area contributed by atoms with Crippen molar-refractivity contribution in [2.75, 3.05) is 11.9 Å². The molecule has 0 unspecified atom stereocenters. The quantitative estimate of drug-likeness (QED) is 0.925. The van der Waals surface area contributed by atoms with Gasteiger partial charge in [0.2, 0.25) is 11.8 Å². The zero-order chi connectivity index (χ0) is 15.4. The largest absolute Gasteiger partial charge is 0.331 e. The first-order chi connectivity index (χ1) is 9.97. The van der Waals surface area contributed by atoms with Crippen LogP contribution in [0.2, 0.25) is 0 Å². The van der Waals surface area contributed by atoms with E-state index in [1.807, 2.05) is 32.0 Å². The lowest BCUT2D eigenvalue weighted by atomic mass is 10.1. The van der Waals surface area contributed by atoms with Gasteiger partial charge in [-0.05, 0) is 49.9 Å². The van der Waals surface area contributed by atoms with Gasteiger partial charge in [-0.25, -0.2) is 0 Å². The molecule has 0 spiro atoms. The maximum absolute atomic E-state index is 12.2. The molecule has 1 N–H and O–H groups in total. The lowest BCUT2D eigenvalue weighted by molar-refractivity contribution is -0.135. The minimum atomic E-state index is -0.125. The summed E-state index contributed by atoms with van der Waals surface area (Å²) in [5, 5.41) is 2.89. The van der Waals surface area contributed by atoms with Crippen LogP contribution in [-0.2, 0) is 9.59 Å². The molecule has 2 rings (SSSR count). The Morgan fingerprint density at radius 3 is 2.43 bits per heavy atom. The number of hydrogen-bond donors (Lipinski definition) is 1. The number of amides is 2. The minimum absolute atomic E-state index is 0.0165. The van der Waals surface area contributed by atoms with Crippen LogP contribution in [0.1, 0.15) is 43.7 Å². The fraction of sp³-hybridized carbons (Fsp3) is 0.529. The van der Waals surface area contributed by atoms with Crippen LogP contribution in [0.25, 0.3) is 0 Å². The summed E-state index contributed by atoms with van der Waals surface area (Å²) in [7, 11) is 0. The molecule has 4 heteroatoms. The fourth-order valence-electron chi connectivity index (χ4n) is 2.89. The molecule has 114 valence electrons. The zero-order valence-electron chi connectivity index (χ0n) is 13.1. The van der Waals surface area contributed by atoms with Gasteiger partial charge in [0.05, 0.1) is 0 Å². The van der Waals surface area contributed by atoms with Crippen molar-refractivity contribution in [3.05, 3.63) is 29.3 Å². The Kier molecular flexibility index (Phi) is 4.99. The van der Waals surface area contributed by atoms with Crippen LogP contribution in [0.15, 0.2) is 18.2 Å². The lowest BCUT2D eigenvalue weighted by Gasteiger charge is -2.27. The van der Waals surface area contributed by atoms with E-state index in [1.165, 1.54) is 5.56 Å². The predicted octanol–water partition coefficient (Wildman–Crippen LogP) is 3.03. The minimum Gasteiger partial charge on any atom is -0.331 e. The van der Waals surface area contributed by atoms with Crippen LogP contribution in [0.4, 0.5) is 5.69 Å². The number of anilines is 1. The standard InChI is InChI=1S/C17H24N2O2/c1-12-8-9-15(10-13(12)2)18-17(21)11-19(14(3)20)16-6-4-5-7-16/h8-10,16H,4-7,11H2,1-3H3,(H,18,21). The van der Waals surface area contributed by atoms with Gasteiger partial charge < -0.3 is 10.2 Å². The van der Waals surface area contributed by atoms with E-state index in [-0.39, 0.29) is 24.4 Å². The Labute approximate surface area is 126 Å². The third kappa shape index (κ3) is 4.06. The SMILES string of the molecule is CC(=O)N(CC(=O)Nc1ccc(C)c(C)c1)C1CCCC1. The number of benzene rings is 1. The molecule has 0 atom stereocenters. The fourth-order valence-corrected chi connectivity index (χ4v) is 2.89. The van der Waals surface area contributed by atoms with Gasteiger partial charge >= 0.3 is 0 Å². The van der Waals surface area contributed by atoms with E-state index < -0.39 is 0 Å². The molecule has 0 bridgehead atoms. The Morgan fingerprint density at radius 2 is 1.86 bits per heavy atom. The van der Waals surface area contributed by atoms with E-state index in [2.05, 4.69) is 5.32 Å². The Bertz CT molecular complexity index is 534. The molecular weight excluding hydrogens is 264 g/mol. The van der Waals surface area contributed by atoms with Crippen LogP contribution in [0.3, 0.4) is 0 Å². The summed E-state index contributed by atoms with van der Waals surface area (Å²) in [6.07, 6.45) is 4.31. The number of rotatable bonds is 4. The molecule has 1 aliphatic rings. The topological polar surface area (TPSA) is 49.4 Å². The van der Waals surface area contributed by atoms with Crippen molar-refractivity contribution in [1.29, 1.82) is 0 Å². The van der Waals surface area contributed by atoms with Crippen molar-refractivity contribution in [3.63, 3.8) is 0 Å². The summed E-state index contributed by atoms with van der Waals surface area (Å²) in [5.74, 6) is -0.141. The molecule has 1 aromatic carbocycles. The Balaban J connectivity index is 1.98. The molecule has 1 saturated carbocycles. The van der Waals surface area contributed by atoms with Gasteiger partial charge in [-0.1, -0.05) is 18.9 Å². The monoisotopic (exact) mass is 288 g/mol. The number of carbonyl (C=O) groups excluding carboxylic acids is 2. The van der Waals surface area contributed by atoms with E-state index in [9.17, 15) is 9.59 Å². The van der Waals surface area contributed by atoms with Crippen molar-refractivity contribution in [1.82, 2.24) is 4.90 Å². The first kappa shape index (κ1) is 15.5. The summed E-state index contributed by atoms with van der Waals surface area (Å²) < 4.78 is 0. The second kappa shape index (κ2) is 6.74. The normalized spacial score (nSPS) is 15.0. The van der Waals surface area contributed by atoms with Gasteiger partial charge in [-0.3, -0.25) is 9.59 Å². The first-order valence-corrected chi connectivity index (χ1v) is 7.61. The van der Waals surface area contributed by atoms with E-state index in [0.717, 1.165) is 36.9 Å². The summed E-state index contributed by atoms with van der Waals surface area (Å²) in [6, 6.07) is 6.08. The summed E-state index contributed by atoms with van der Waals surface area (Å²) in [6.45, 7) is 5.75.